The smallest absolute Gasteiger partial charge is 0.258 e. The highest BCUT2D eigenvalue weighted by molar-refractivity contribution is 5.98. The third-order valence-corrected chi connectivity index (χ3v) is 2.21. The van der Waals surface area contributed by atoms with Crippen molar-refractivity contribution in [2.45, 2.75) is 24.4 Å². The first-order chi connectivity index (χ1) is 9.84. The Morgan fingerprint density at radius 1 is 1.05 bits per heavy atom. The maximum atomic E-state index is 11.3. The number of nitrogens with zero attached hydrogens (tertiary/aromatic N) is 6. The van der Waals surface area contributed by atoms with Crippen LogP contribution >= 0.6 is 0 Å². The predicted molar refractivity (Wildman–Crippen MR) is 65.2 cm³/mol. The molecule has 13 nitrogen and oxygen atoms in total. The lowest BCUT2D eigenvalue weighted by atomic mass is 10.0. The number of carbonyl (C=O) groups excluding carboxylic acids is 2. The molecule has 0 aliphatic rings. The van der Waals surface area contributed by atoms with Crippen LogP contribution in [0.2, 0.25) is 0 Å². The van der Waals surface area contributed by atoms with Crippen molar-refractivity contribution in [1.82, 2.24) is 5.32 Å². The van der Waals surface area contributed by atoms with Gasteiger partial charge < -0.3 is 20.4 Å². The van der Waals surface area contributed by atoms with Crippen LogP contribution in [0.25, 0.3) is 20.9 Å². The molecule has 2 amide bonds. The van der Waals surface area contributed by atoms with Gasteiger partial charge in [-0.2, -0.15) is 0 Å². The van der Waals surface area contributed by atoms with Crippen LogP contribution in [0.3, 0.4) is 0 Å². The van der Waals surface area contributed by atoms with E-state index in [0.717, 1.165) is 0 Å². The van der Waals surface area contributed by atoms with E-state index in [9.17, 15) is 30.0 Å². The number of aliphatic hydroxyl groups excluding tert-OH is 4. The third-order valence-electron chi connectivity index (χ3n) is 2.21. The summed E-state index contributed by atoms with van der Waals surface area (Å²) in [7, 11) is 0. The van der Waals surface area contributed by atoms with Crippen LogP contribution in [0.15, 0.2) is 10.2 Å². The summed E-state index contributed by atoms with van der Waals surface area (Å²) in [5, 5.41) is 45.0. The number of hydrogen-bond donors (Lipinski definition) is 5. The van der Waals surface area contributed by atoms with Crippen molar-refractivity contribution in [3.8, 4) is 0 Å². The van der Waals surface area contributed by atoms with Crippen LogP contribution in [0.1, 0.15) is 0 Å². The lowest BCUT2D eigenvalue weighted by molar-refractivity contribution is -0.148. The highest BCUT2D eigenvalue weighted by atomic mass is 16.4. The van der Waals surface area contributed by atoms with E-state index >= 15 is 0 Å². The minimum absolute atomic E-state index is 0.598. The Morgan fingerprint density at radius 2 is 1.62 bits per heavy atom. The zero-order valence-electron chi connectivity index (χ0n) is 10.5. The number of rotatable bonds is 8. The minimum atomic E-state index is -2.24. The van der Waals surface area contributed by atoms with Crippen LogP contribution < -0.4 is 5.32 Å². The number of nitrogens with one attached hydrogen (secondary N) is 1. The van der Waals surface area contributed by atoms with E-state index in [-0.39, 0.29) is 0 Å². The van der Waals surface area contributed by atoms with Gasteiger partial charge in [-0.05, 0) is 11.1 Å². The topological polar surface area (TPSA) is 225 Å². The van der Waals surface area contributed by atoms with Crippen molar-refractivity contribution < 1.29 is 30.0 Å². The Hall–Kier alpha value is -2.40. The minimum Gasteiger partial charge on any atom is -0.390 e. The molecule has 0 aliphatic carbocycles. The monoisotopic (exact) mass is 303 g/mol. The molecule has 0 aromatic rings. The summed E-state index contributed by atoms with van der Waals surface area (Å²) in [5.41, 5.74) is 16.0. The molecule has 0 rings (SSSR count). The second-order valence-corrected chi connectivity index (χ2v) is 3.71. The molecule has 0 aromatic carbocycles. The molecule has 4 unspecified atom stereocenters. The van der Waals surface area contributed by atoms with Crippen LogP contribution in [0.4, 0.5) is 0 Å². The maximum Gasteiger partial charge on any atom is 0.258 e. The lowest BCUT2D eigenvalue weighted by Gasteiger charge is -2.24. The summed E-state index contributed by atoms with van der Waals surface area (Å²) in [6.45, 7) is -1.30. The number of aliphatic hydroxyl groups is 4. The number of azide groups is 2. The normalized spacial score (nSPS) is 15.6. The van der Waals surface area contributed by atoms with E-state index in [1.54, 1.807) is 5.32 Å². The van der Waals surface area contributed by atoms with Gasteiger partial charge >= 0.3 is 0 Å². The van der Waals surface area contributed by atoms with E-state index < -0.39 is 49.3 Å². The van der Waals surface area contributed by atoms with Gasteiger partial charge in [0.15, 0.2) is 6.10 Å². The Balaban J connectivity index is 4.56. The Kier molecular flexibility index (Phi) is 8.41. The first kappa shape index (κ1) is 18.6. The van der Waals surface area contributed by atoms with E-state index in [0.29, 0.717) is 0 Å². The zero-order valence-corrected chi connectivity index (χ0v) is 10.5. The van der Waals surface area contributed by atoms with Gasteiger partial charge in [-0.15, -0.1) is 0 Å². The Bertz CT molecular complexity index is 472. The summed E-state index contributed by atoms with van der Waals surface area (Å²) in [5.74, 6) is -2.40. The molecule has 0 spiro atoms. The Morgan fingerprint density at radius 3 is 2.14 bits per heavy atom. The molecular formula is C8H13N7O6. The van der Waals surface area contributed by atoms with Gasteiger partial charge in [0.25, 0.3) is 5.91 Å². The summed E-state index contributed by atoms with van der Waals surface area (Å²) in [4.78, 5) is 27.0. The zero-order chi connectivity index (χ0) is 16.4. The standard InChI is InChI=1S/C8H13N7O6/c9-14-11-1-3(16)5(18)6(19)7(20)8(21)13-4(17)2-12-15-10/h3,5-7,16,18-20H,1-2H2,(H,13,17,21). The number of amides is 2. The van der Waals surface area contributed by atoms with E-state index in [2.05, 4.69) is 20.1 Å². The highest BCUT2D eigenvalue weighted by Gasteiger charge is 2.34. The molecule has 13 heteroatoms. The van der Waals surface area contributed by atoms with Crippen molar-refractivity contribution in [2.24, 2.45) is 10.2 Å². The van der Waals surface area contributed by atoms with Crippen molar-refractivity contribution in [2.75, 3.05) is 13.1 Å². The van der Waals surface area contributed by atoms with Gasteiger partial charge in [0, 0.05) is 9.82 Å². The molecule has 0 bridgehead atoms. The second kappa shape index (κ2) is 9.50. The number of carbonyl (C=O) groups is 2. The molecule has 0 aromatic heterocycles. The van der Waals surface area contributed by atoms with Crippen LogP contribution in [-0.2, 0) is 9.59 Å². The first-order valence-corrected chi connectivity index (χ1v) is 5.42. The lowest BCUT2D eigenvalue weighted by Crippen LogP contribution is -2.52. The molecular weight excluding hydrogens is 290 g/mol. The molecule has 0 aliphatic heterocycles. The van der Waals surface area contributed by atoms with Gasteiger partial charge in [-0.25, -0.2) is 0 Å². The van der Waals surface area contributed by atoms with Crippen LogP contribution in [0, 0.1) is 0 Å². The molecule has 0 fully saturated rings. The van der Waals surface area contributed by atoms with E-state index in [1.807, 2.05) is 0 Å². The molecule has 0 saturated carbocycles. The molecule has 0 radical (unpaired) electrons. The van der Waals surface area contributed by atoms with Gasteiger partial charge in [-0.3, -0.25) is 14.9 Å². The molecule has 21 heavy (non-hydrogen) atoms. The average Bonchev–Trinajstić information content (AvgIpc) is 2.47. The molecule has 116 valence electrons. The second-order valence-electron chi connectivity index (χ2n) is 3.71. The SMILES string of the molecule is [N-]=[N+]=NCC(=O)NC(=O)C(O)C(O)C(O)C(O)CN=[N+]=[N-]. The quantitative estimate of drug-likeness (QED) is 0.188. The summed E-state index contributed by atoms with van der Waals surface area (Å²) < 4.78 is 0. The predicted octanol–water partition coefficient (Wildman–Crippen LogP) is -2.31. The van der Waals surface area contributed by atoms with Gasteiger partial charge in [0.05, 0.1) is 12.6 Å². The fraction of sp³-hybridized carbons (Fsp3) is 0.750. The van der Waals surface area contributed by atoms with Crippen molar-refractivity contribution in [3.63, 3.8) is 0 Å². The average molecular weight is 303 g/mol. The number of imide groups is 1. The molecule has 5 N–H and O–H groups in total. The van der Waals surface area contributed by atoms with Crippen molar-refractivity contribution >= 4 is 11.8 Å². The summed E-state index contributed by atoms with van der Waals surface area (Å²) >= 11 is 0. The molecule has 0 heterocycles. The van der Waals surface area contributed by atoms with Crippen molar-refractivity contribution in [1.29, 1.82) is 0 Å². The van der Waals surface area contributed by atoms with Crippen molar-refractivity contribution in [3.05, 3.63) is 20.9 Å². The molecule has 4 atom stereocenters. The number of hydrogen-bond acceptors (Lipinski definition) is 8. The largest absolute Gasteiger partial charge is 0.390 e. The summed E-state index contributed by atoms with van der Waals surface area (Å²) in [6, 6.07) is 0. The Labute approximate surface area is 117 Å². The van der Waals surface area contributed by atoms with Gasteiger partial charge in [0.2, 0.25) is 5.91 Å². The van der Waals surface area contributed by atoms with Crippen LogP contribution in [-0.4, -0.2) is 69.7 Å². The van der Waals surface area contributed by atoms with Crippen LogP contribution in [0.5, 0.6) is 0 Å². The fourth-order valence-corrected chi connectivity index (χ4v) is 1.14. The summed E-state index contributed by atoms with van der Waals surface area (Å²) in [6.07, 6.45) is -8.10. The highest BCUT2D eigenvalue weighted by Crippen LogP contribution is 2.06. The third kappa shape index (κ3) is 6.54. The first-order valence-electron chi connectivity index (χ1n) is 5.42. The van der Waals surface area contributed by atoms with E-state index in [1.165, 1.54) is 0 Å². The van der Waals surface area contributed by atoms with E-state index in [4.69, 9.17) is 11.1 Å². The molecule has 0 saturated heterocycles. The van der Waals surface area contributed by atoms with Gasteiger partial charge in [-0.1, -0.05) is 10.2 Å². The fourth-order valence-electron chi connectivity index (χ4n) is 1.14. The maximum absolute atomic E-state index is 11.3. The van der Waals surface area contributed by atoms with Gasteiger partial charge in [0.1, 0.15) is 18.8 Å².